The Labute approximate surface area is 200 Å². The normalized spacial score (nSPS) is 10.8. The van der Waals surface area contributed by atoms with Crippen LogP contribution < -0.4 is 0 Å². The van der Waals surface area contributed by atoms with Gasteiger partial charge in [0, 0.05) is 19.5 Å². The van der Waals surface area contributed by atoms with E-state index in [1.165, 1.54) is 77.0 Å². The quantitative estimate of drug-likeness (QED) is 0.0983. The summed E-state index contributed by atoms with van der Waals surface area (Å²) in [5.41, 5.74) is 0. The molecule has 0 amide bonds. The third-order valence-corrected chi connectivity index (χ3v) is 5.15. The zero-order valence-electron chi connectivity index (χ0n) is 17.9. The molecule has 13 heteroatoms. The summed E-state index contributed by atoms with van der Waals surface area (Å²) in [5, 5.41) is 0. The van der Waals surface area contributed by atoms with E-state index in [1.807, 2.05) is 0 Å². The predicted molar refractivity (Wildman–Crippen MR) is 126 cm³/mol. The van der Waals surface area contributed by atoms with Crippen molar-refractivity contribution in [1.29, 1.82) is 0 Å². The smallest absolute Gasteiger partial charge is 0.325 e. The van der Waals surface area contributed by atoms with E-state index in [9.17, 15) is 4.57 Å². The van der Waals surface area contributed by atoms with Gasteiger partial charge in [-0.2, -0.15) is 0 Å². The van der Waals surface area contributed by atoms with Crippen molar-refractivity contribution in [3.8, 4) is 0 Å². The molecule has 29 heavy (non-hydrogen) atoms. The van der Waals surface area contributed by atoms with Crippen LogP contribution in [0, 0.1) is 0 Å². The predicted octanol–water partition coefficient (Wildman–Crippen LogP) is 4.91. The second-order valence-corrected chi connectivity index (χ2v) is 13.3. The van der Waals surface area contributed by atoms with E-state index in [-0.39, 0.29) is 19.5 Å². The summed E-state index contributed by atoms with van der Waals surface area (Å²) in [6.07, 6.45) is 17.7. The van der Waals surface area contributed by atoms with Crippen LogP contribution in [0.25, 0.3) is 0 Å². The second kappa shape index (κ2) is 26.0. The monoisotopic (exact) mass is 565 g/mol. The molecule has 174 valence electrons. The van der Waals surface area contributed by atoms with E-state index in [4.69, 9.17) is 29.4 Å². The molecule has 0 saturated carbocycles. The Bertz CT molecular complexity index is 394. The van der Waals surface area contributed by atoms with Crippen LogP contribution in [0.15, 0.2) is 0 Å². The third kappa shape index (κ3) is 72.7. The van der Waals surface area contributed by atoms with Crippen LogP contribution in [-0.4, -0.2) is 41.7 Å². The molecule has 0 fully saturated rings. The molecule has 0 heterocycles. The van der Waals surface area contributed by atoms with Crippen LogP contribution in [0.2, 0.25) is 0 Å². The second-order valence-electron chi connectivity index (χ2n) is 6.49. The van der Waals surface area contributed by atoms with Gasteiger partial charge in [0.1, 0.15) is 12.3 Å². The van der Waals surface area contributed by atoms with Gasteiger partial charge in [-0.3, -0.25) is 0 Å². The van der Waals surface area contributed by atoms with Gasteiger partial charge in [-0.25, -0.2) is 0 Å². The van der Waals surface area contributed by atoms with Crippen molar-refractivity contribution in [2.75, 3.05) is 12.3 Å². The van der Waals surface area contributed by atoms with Gasteiger partial charge in [0.2, 0.25) is 0 Å². The molecule has 0 rings (SSSR count). The Morgan fingerprint density at radius 1 is 0.586 bits per heavy atom. The fourth-order valence-electron chi connectivity index (χ4n) is 2.25. The van der Waals surface area contributed by atoms with E-state index < -0.39 is 21.2 Å². The minimum Gasteiger partial charge on any atom is -0.325 e. The van der Waals surface area contributed by atoms with Crippen LogP contribution in [0.1, 0.15) is 90.9 Å². The number of hydrogen-bond donors (Lipinski definition) is 6. The maximum atomic E-state index is 11.8. The van der Waals surface area contributed by atoms with Gasteiger partial charge in [-0.15, -0.1) is 0 Å². The summed E-state index contributed by atoms with van der Waals surface area (Å²) in [6.45, 7) is -3.12. The average molecular weight is 567 g/mol. The van der Waals surface area contributed by atoms with Crippen molar-refractivity contribution >= 4 is 44.9 Å². The first-order chi connectivity index (χ1) is 12.8. The van der Waals surface area contributed by atoms with Gasteiger partial charge in [0.05, 0.1) is 0 Å². The standard InChI is InChI=1S/C16H34OP.2H3O3PS.Zn/c1-3-5-7-9-11-13-15-18(17)16-14-12-10-8-6-4-2;2*1-4(2,3)5;/h3-16H2,1-2H3;2*(H3,1,2,3,5);/q+1;;;. The Hall–Kier alpha value is 1.78. The summed E-state index contributed by atoms with van der Waals surface area (Å²) >= 11 is 7.21. The minimum atomic E-state index is -3.81. The minimum absolute atomic E-state index is 0. The molecule has 0 unspecified atom stereocenters. The molecule has 7 nitrogen and oxygen atoms in total. The van der Waals surface area contributed by atoms with Gasteiger partial charge in [-0.05, 0) is 49.3 Å². The van der Waals surface area contributed by atoms with Crippen molar-refractivity contribution in [2.45, 2.75) is 90.9 Å². The van der Waals surface area contributed by atoms with Crippen LogP contribution in [0.3, 0.4) is 0 Å². The van der Waals surface area contributed by atoms with Gasteiger partial charge < -0.3 is 29.4 Å². The van der Waals surface area contributed by atoms with E-state index in [1.54, 1.807) is 0 Å². The molecule has 0 radical (unpaired) electrons. The summed E-state index contributed by atoms with van der Waals surface area (Å²) < 4.78 is 11.8. The molecule has 0 bridgehead atoms. The van der Waals surface area contributed by atoms with E-state index >= 15 is 0 Å². The van der Waals surface area contributed by atoms with Crippen LogP contribution in [0.5, 0.6) is 0 Å². The third-order valence-electron chi connectivity index (χ3n) is 3.52. The first kappa shape index (κ1) is 38.1. The molecule has 6 N–H and O–H groups in total. The average Bonchev–Trinajstić information content (AvgIpc) is 2.51. The number of rotatable bonds is 14. The molecule has 0 aliphatic heterocycles. The Morgan fingerprint density at radius 3 is 1.03 bits per heavy atom. The molecular weight excluding hydrogens is 527 g/mol. The summed E-state index contributed by atoms with van der Waals surface area (Å²) in [6, 6.07) is 0. The van der Waals surface area contributed by atoms with Crippen molar-refractivity contribution in [1.82, 2.24) is 0 Å². The largest absolute Gasteiger partial charge is 0.338 e. The topological polar surface area (TPSA) is 138 Å². The maximum absolute atomic E-state index is 11.8. The molecule has 0 aromatic rings. The maximum Gasteiger partial charge on any atom is 0.338 e. The Morgan fingerprint density at radius 2 is 0.793 bits per heavy atom. The summed E-state index contributed by atoms with van der Waals surface area (Å²) in [7, 11) is -0.880. The van der Waals surface area contributed by atoms with Gasteiger partial charge >= 0.3 is 21.2 Å². The Kier molecular flexibility index (Phi) is 34.2. The molecule has 0 saturated heterocycles. The van der Waals surface area contributed by atoms with Crippen molar-refractivity contribution in [3.63, 3.8) is 0 Å². The molecule has 0 atom stereocenters. The zero-order valence-corrected chi connectivity index (χ0v) is 25.1. The molecule has 0 aliphatic rings. The molecule has 0 aliphatic carbocycles. The first-order valence-electron chi connectivity index (χ1n) is 9.79. The van der Waals surface area contributed by atoms with Crippen molar-refractivity contribution in [3.05, 3.63) is 0 Å². The Balaban J connectivity index is -0.000000235. The number of hydrogen-bond acceptors (Lipinski definition) is 3. The molecular formula is C16H40O7P3S2Zn+. The SMILES string of the molecule is CCCCCCCC[P+](=O)CCCCCCCC.OP(O)(O)=S.OP(O)(O)=S.[Zn]. The fourth-order valence-corrected chi connectivity index (χ4v) is 3.63. The van der Waals surface area contributed by atoms with Gasteiger partial charge in [-0.1, -0.05) is 69.8 Å². The molecule has 0 spiro atoms. The van der Waals surface area contributed by atoms with Gasteiger partial charge in [0.25, 0.3) is 0 Å². The van der Waals surface area contributed by atoms with E-state index in [0.717, 1.165) is 12.3 Å². The molecule has 0 aromatic carbocycles. The zero-order chi connectivity index (χ0) is 22.5. The van der Waals surface area contributed by atoms with Crippen molar-refractivity contribution < 1.29 is 53.4 Å². The van der Waals surface area contributed by atoms with Crippen LogP contribution in [-0.2, 0) is 47.7 Å². The fraction of sp³-hybridized carbons (Fsp3) is 1.00. The van der Waals surface area contributed by atoms with Gasteiger partial charge in [0.15, 0.2) is 0 Å². The number of unbranched alkanes of at least 4 members (excludes halogenated alkanes) is 10. The summed E-state index contributed by atoms with van der Waals surface area (Å²) in [4.78, 5) is 45.3. The van der Waals surface area contributed by atoms with Crippen molar-refractivity contribution in [2.24, 2.45) is 0 Å². The first-order valence-corrected chi connectivity index (χ1v) is 16.7. The van der Waals surface area contributed by atoms with Crippen LogP contribution >= 0.6 is 21.2 Å². The summed E-state index contributed by atoms with van der Waals surface area (Å²) in [5.74, 6) is 0. The van der Waals surface area contributed by atoms with Crippen LogP contribution in [0.4, 0.5) is 0 Å². The van der Waals surface area contributed by atoms with E-state index in [0.29, 0.717) is 0 Å². The van der Waals surface area contributed by atoms with E-state index in [2.05, 4.69) is 37.5 Å². The molecule has 0 aromatic heterocycles.